The maximum atomic E-state index is 11.9. The number of carbonyl (C=O) groups is 1. The fraction of sp³-hybridized carbons (Fsp3) is 0.462. The average Bonchev–Trinajstić information content (AvgIpc) is 2.30. The van der Waals surface area contributed by atoms with Crippen molar-refractivity contribution in [1.29, 1.82) is 0 Å². The molecule has 17 heavy (non-hydrogen) atoms. The molecule has 0 aliphatic heterocycles. The highest BCUT2D eigenvalue weighted by Gasteiger charge is 2.13. The quantitative estimate of drug-likeness (QED) is 0.760. The molecule has 1 rings (SSSR count). The summed E-state index contributed by atoms with van der Waals surface area (Å²) in [5, 5.41) is 8.58. The zero-order valence-electron chi connectivity index (χ0n) is 10.3. The molecular weight excluding hydrogens is 218 g/mol. The maximum absolute atomic E-state index is 11.9. The van der Waals surface area contributed by atoms with Crippen molar-refractivity contribution in [2.24, 2.45) is 0 Å². The first-order chi connectivity index (χ1) is 8.19. The topological polar surface area (TPSA) is 49.8 Å². The Hall–Kier alpha value is -1.39. The van der Waals surface area contributed by atoms with E-state index in [1.54, 1.807) is 4.90 Å². The summed E-state index contributed by atoms with van der Waals surface area (Å²) in [6.45, 7) is 4.64. The van der Waals surface area contributed by atoms with Gasteiger partial charge in [0.15, 0.2) is 0 Å². The van der Waals surface area contributed by atoms with Crippen molar-refractivity contribution in [3.8, 4) is 0 Å². The van der Waals surface area contributed by atoms with Gasteiger partial charge in [-0.2, -0.15) is 0 Å². The van der Waals surface area contributed by atoms with Gasteiger partial charge in [-0.3, -0.25) is 4.79 Å². The second-order valence-electron chi connectivity index (χ2n) is 3.75. The smallest absolute Gasteiger partial charge is 0.252 e. The molecule has 0 aliphatic carbocycles. The first-order valence-corrected chi connectivity index (χ1v) is 5.74. The molecule has 1 N–H and O–H groups in total. The molecule has 0 bridgehead atoms. The Labute approximate surface area is 102 Å². The molecule has 4 nitrogen and oxygen atoms in total. The Kier molecular flexibility index (Phi) is 5.66. The lowest BCUT2D eigenvalue weighted by Gasteiger charge is -2.21. The SMILES string of the molecule is CCN(C(=O)COCCO)c1cccc(C)c1. The highest BCUT2D eigenvalue weighted by atomic mass is 16.5. The van der Waals surface area contributed by atoms with Gasteiger partial charge in [0.1, 0.15) is 6.61 Å². The minimum Gasteiger partial charge on any atom is -0.394 e. The van der Waals surface area contributed by atoms with E-state index in [0.717, 1.165) is 11.3 Å². The van der Waals surface area contributed by atoms with Gasteiger partial charge in [-0.15, -0.1) is 0 Å². The molecule has 0 spiro atoms. The van der Waals surface area contributed by atoms with Gasteiger partial charge in [0, 0.05) is 12.2 Å². The highest BCUT2D eigenvalue weighted by molar-refractivity contribution is 5.94. The number of amides is 1. The van der Waals surface area contributed by atoms with Crippen LogP contribution in [0.3, 0.4) is 0 Å². The van der Waals surface area contributed by atoms with Crippen molar-refractivity contribution in [3.63, 3.8) is 0 Å². The van der Waals surface area contributed by atoms with Crippen LogP contribution in [0.2, 0.25) is 0 Å². The van der Waals surface area contributed by atoms with E-state index in [1.807, 2.05) is 38.1 Å². The van der Waals surface area contributed by atoms with E-state index in [4.69, 9.17) is 9.84 Å². The largest absolute Gasteiger partial charge is 0.394 e. The summed E-state index contributed by atoms with van der Waals surface area (Å²) in [6, 6.07) is 7.78. The number of anilines is 1. The van der Waals surface area contributed by atoms with Crippen LogP contribution in [0.15, 0.2) is 24.3 Å². The van der Waals surface area contributed by atoms with Crippen LogP contribution in [0, 0.1) is 6.92 Å². The number of benzene rings is 1. The molecule has 0 aliphatic rings. The van der Waals surface area contributed by atoms with Gasteiger partial charge < -0.3 is 14.7 Å². The number of hydrogen-bond donors (Lipinski definition) is 1. The van der Waals surface area contributed by atoms with Gasteiger partial charge in [-0.25, -0.2) is 0 Å². The third kappa shape index (κ3) is 4.17. The summed E-state index contributed by atoms with van der Waals surface area (Å²) >= 11 is 0. The van der Waals surface area contributed by atoms with Crippen LogP contribution in [0.4, 0.5) is 5.69 Å². The minimum atomic E-state index is -0.0912. The van der Waals surface area contributed by atoms with Crippen LogP contribution >= 0.6 is 0 Å². The summed E-state index contributed by atoms with van der Waals surface area (Å²) < 4.78 is 5.04. The number of nitrogens with zero attached hydrogens (tertiary/aromatic N) is 1. The lowest BCUT2D eigenvalue weighted by molar-refractivity contribution is -0.123. The standard InChI is InChI=1S/C13H19NO3/c1-3-14(13(16)10-17-8-7-15)12-6-4-5-11(2)9-12/h4-6,9,15H,3,7-8,10H2,1-2H3. The molecule has 94 valence electrons. The van der Waals surface area contributed by atoms with Crippen molar-refractivity contribution in [2.75, 3.05) is 31.3 Å². The molecule has 0 saturated heterocycles. The van der Waals surface area contributed by atoms with Gasteiger partial charge in [-0.1, -0.05) is 12.1 Å². The molecule has 1 aromatic rings. The van der Waals surface area contributed by atoms with Crippen molar-refractivity contribution < 1.29 is 14.6 Å². The van der Waals surface area contributed by atoms with E-state index < -0.39 is 0 Å². The van der Waals surface area contributed by atoms with E-state index in [0.29, 0.717) is 6.54 Å². The fourth-order valence-electron chi connectivity index (χ4n) is 1.60. The Balaban J connectivity index is 2.67. The summed E-state index contributed by atoms with van der Waals surface area (Å²) in [5.41, 5.74) is 2.00. The molecule has 4 heteroatoms. The number of likely N-dealkylation sites (N-methyl/N-ethyl adjacent to an activating group) is 1. The number of aryl methyl sites for hydroxylation is 1. The van der Waals surface area contributed by atoms with Gasteiger partial charge in [0.25, 0.3) is 5.91 Å². The van der Waals surface area contributed by atoms with Crippen LogP contribution in [0.25, 0.3) is 0 Å². The Morgan fingerprint density at radius 1 is 1.47 bits per heavy atom. The van der Waals surface area contributed by atoms with E-state index in [-0.39, 0.29) is 25.7 Å². The summed E-state index contributed by atoms with van der Waals surface area (Å²) in [4.78, 5) is 13.6. The maximum Gasteiger partial charge on any atom is 0.252 e. The lowest BCUT2D eigenvalue weighted by Crippen LogP contribution is -2.34. The van der Waals surface area contributed by atoms with E-state index in [1.165, 1.54) is 0 Å². The van der Waals surface area contributed by atoms with E-state index >= 15 is 0 Å². The number of hydrogen-bond acceptors (Lipinski definition) is 3. The highest BCUT2D eigenvalue weighted by Crippen LogP contribution is 2.15. The monoisotopic (exact) mass is 237 g/mol. The van der Waals surface area contributed by atoms with Crippen LogP contribution in [0.5, 0.6) is 0 Å². The number of aliphatic hydroxyl groups is 1. The molecule has 0 atom stereocenters. The Bertz CT molecular complexity index is 365. The third-order valence-electron chi connectivity index (χ3n) is 2.39. The van der Waals surface area contributed by atoms with Crippen LogP contribution in [-0.2, 0) is 9.53 Å². The Morgan fingerprint density at radius 2 is 2.24 bits per heavy atom. The van der Waals surface area contributed by atoms with Crippen molar-refractivity contribution in [1.82, 2.24) is 0 Å². The number of aliphatic hydroxyl groups excluding tert-OH is 1. The molecule has 0 fully saturated rings. The van der Waals surface area contributed by atoms with E-state index in [2.05, 4.69) is 0 Å². The Morgan fingerprint density at radius 3 is 2.82 bits per heavy atom. The third-order valence-corrected chi connectivity index (χ3v) is 2.39. The first-order valence-electron chi connectivity index (χ1n) is 5.74. The molecule has 1 aromatic carbocycles. The van der Waals surface area contributed by atoms with Gasteiger partial charge >= 0.3 is 0 Å². The molecule has 0 heterocycles. The van der Waals surface area contributed by atoms with Gasteiger partial charge in [-0.05, 0) is 31.5 Å². The molecule has 0 aromatic heterocycles. The molecule has 1 amide bonds. The second-order valence-corrected chi connectivity index (χ2v) is 3.75. The van der Waals surface area contributed by atoms with Gasteiger partial charge in [0.2, 0.25) is 0 Å². The summed E-state index contributed by atoms with van der Waals surface area (Å²) in [5.74, 6) is -0.0912. The normalized spacial score (nSPS) is 10.3. The number of rotatable bonds is 6. The first kappa shape index (κ1) is 13.7. The zero-order valence-corrected chi connectivity index (χ0v) is 10.3. The van der Waals surface area contributed by atoms with Crippen molar-refractivity contribution in [2.45, 2.75) is 13.8 Å². The second kappa shape index (κ2) is 7.04. The minimum absolute atomic E-state index is 0.00232. The van der Waals surface area contributed by atoms with Crippen molar-refractivity contribution in [3.05, 3.63) is 29.8 Å². The van der Waals surface area contributed by atoms with Crippen LogP contribution in [0.1, 0.15) is 12.5 Å². The lowest BCUT2D eigenvalue weighted by atomic mass is 10.2. The number of carbonyl (C=O) groups excluding carboxylic acids is 1. The van der Waals surface area contributed by atoms with E-state index in [9.17, 15) is 4.79 Å². The van der Waals surface area contributed by atoms with Crippen LogP contribution in [-0.4, -0.2) is 37.4 Å². The zero-order chi connectivity index (χ0) is 12.7. The predicted molar refractivity (Wildman–Crippen MR) is 67.1 cm³/mol. The molecule has 0 unspecified atom stereocenters. The summed E-state index contributed by atoms with van der Waals surface area (Å²) in [6.07, 6.45) is 0. The number of ether oxygens (including phenoxy) is 1. The molecule has 0 radical (unpaired) electrons. The molecular formula is C13H19NO3. The molecule has 0 saturated carbocycles. The average molecular weight is 237 g/mol. The van der Waals surface area contributed by atoms with Crippen molar-refractivity contribution >= 4 is 11.6 Å². The summed E-state index contributed by atoms with van der Waals surface area (Å²) in [7, 11) is 0. The van der Waals surface area contributed by atoms with Crippen LogP contribution < -0.4 is 4.90 Å². The fourth-order valence-corrected chi connectivity index (χ4v) is 1.60. The van der Waals surface area contributed by atoms with Gasteiger partial charge in [0.05, 0.1) is 13.2 Å². The predicted octanol–water partition coefficient (Wildman–Crippen LogP) is 1.36.